The second-order valence-electron chi connectivity index (χ2n) is 4.49. The molecule has 0 saturated carbocycles. The lowest BCUT2D eigenvalue weighted by Crippen LogP contribution is -1.94. The summed E-state index contributed by atoms with van der Waals surface area (Å²) in [5.41, 5.74) is 4.74. The predicted octanol–water partition coefficient (Wildman–Crippen LogP) is 4.09. The standard InChI is InChI=1S/C16H13N3/c1-11-13(10-17)3-2-4-15(11)19-14-6-5-12-7-8-18-16(12)9-14/h2-9,18-19H,1H3. The average molecular weight is 247 g/mol. The van der Waals surface area contributed by atoms with Gasteiger partial charge in [-0.3, -0.25) is 0 Å². The molecule has 0 aliphatic heterocycles. The number of fused-ring (bicyclic) bond motifs is 1. The van der Waals surface area contributed by atoms with Crippen molar-refractivity contribution < 1.29 is 0 Å². The Morgan fingerprint density at radius 2 is 2.05 bits per heavy atom. The number of aromatic amines is 1. The highest BCUT2D eigenvalue weighted by Crippen LogP contribution is 2.25. The van der Waals surface area contributed by atoms with E-state index in [0.29, 0.717) is 5.56 Å². The van der Waals surface area contributed by atoms with E-state index in [1.165, 1.54) is 5.39 Å². The molecular formula is C16H13N3. The number of nitriles is 1. The molecule has 1 heterocycles. The topological polar surface area (TPSA) is 51.6 Å². The zero-order chi connectivity index (χ0) is 13.2. The number of nitrogens with one attached hydrogen (secondary N) is 2. The van der Waals surface area contributed by atoms with Gasteiger partial charge in [-0.2, -0.15) is 5.26 Å². The van der Waals surface area contributed by atoms with Crippen LogP contribution in [0, 0.1) is 18.3 Å². The molecule has 0 fully saturated rings. The zero-order valence-corrected chi connectivity index (χ0v) is 10.6. The molecule has 0 radical (unpaired) electrons. The zero-order valence-electron chi connectivity index (χ0n) is 10.6. The van der Waals surface area contributed by atoms with Crippen molar-refractivity contribution in [1.29, 1.82) is 5.26 Å². The maximum absolute atomic E-state index is 9.04. The summed E-state index contributed by atoms with van der Waals surface area (Å²) in [6, 6.07) is 16.1. The van der Waals surface area contributed by atoms with Crippen LogP contribution in [0.5, 0.6) is 0 Å². The van der Waals surface area contributed by atoms with Crippen molar-refractivity contribution in [2.45, 2.75) is 6.92 Å². The van der Waals surface area contributed by atoms with Gasteiger partial charge in [0.2, 0.25) is 0 Å². The molecule has 3 aromatic rings. The van der Waals surface area contributed by atoms with Gasteiger partial charge in [-0.15, -0.1) is 0 Å². The van der Waals surface area contributed by atoms with E-state index < -0.39 is 0 Å². The molecule has 3 rings (SSSR count). The number of aromatic nitrogens is 1. The highest BCUT2D eigenvalue weighted by Gasteiger charge is 2.04. The van der Waals surface area contributed by atoms with E-state index >= 15 is 0 Å². The second-order valence-corrected chi connectivity index (χ2v) is 4.49. The smallest absolute Gasteiger partial charge is 0.0995 e. The molecule has 0 aliphatic carbocycles. The molecule has 3 heteroatoms. The minimum atomic E-state index is 0.700. The predicted molar refractivity (Wildman–Crippen MR) is 77.5 cm³/mol. The van der Waals surface area contributed by atoms with Crippen LogP contribution in [0.1, 0.15) is 11.1 Å². The Labute approximate surface area is 111 Å². The van der Waals surface area contributed by atoms with Crippen molar-refractivity contribution >= 4 is 22.3 Å². The Morgan fingerprint density at radius 1 is 1.16 bits per heavy atom. The molecule has 0 aliphatic rings. The summed E-state index contributed by atoms with van der Waals surface area (Å²) in [5, 5.41) is 13.6. The van der Waals surface area contributed by atoms with E-state index in [1.54, 1.807) is 0 Å². The quantitative estimate of drug-likeness (QED) is 0.716. The summed E-state index contributed by atoms with van der Waals surface area (Å²) >= 11 is 0. The van der Waals surface area contributed by atoms with E-state index in [2.05, 4.69) is 28.5 Å². The molecule has 2 N–H and O–H groups in total. The molecule has 0 atom stereocenters. The molecular weight excluding hydrogens is 234 g/mol. The Bertz CT molecular complexity index is 778. The van der Waals surface area contributed by atoms with E-state index in [-0.39, 0.29) is 0 Å². The maximum Gasteiger partial charge on any atom is 0.0995 e. The molecule has 1 aromatic heterocycles. The number of H-pyrrole nitrogens is 1. The molecule has 0 saturated heterocycles. The van der Waals surface area contributed by atoms with Crippen molar-refractivity contribution in [3.05, 3.63) is 59.8 Å². The van der Waals surface area contributed by atoms with Gasteiger partial charge in [0, 0.05) is 23.1 Å². The Hall–Kier alpha value is -2.73. The van der Waals surface area contributed by atoms with Crippen LogP contribution < -0.4 is 5.32 Å². The Balaban J connectivity index is 1.99. The summed E-state index contributed by atoms with van der Waals surface area (Å²) in [4.78, 5) is 3.19. The molecule has 0 bridgehead atoms. The Kier molecular flexibility index (Phi) is 2.70. The molecule has 0 amide bonds. The third kappa shape index (κ3) is 2.04. The fourth-order valence-electron chi connectivity index (χ4n) is 2.17. The summed E-state index contributed by atoms with van der Waals surface area (Å²) in [7, 11) is 0. The summed E-state index contributed by atoms with van der Waals surface area (Å²) < 4.78 is 0. The number of hydrogen-bond donors (Lipinski definition) is 2. The number of rotatable bonds is 2. The van der Waals surface area contributed by atoms with E-state index in [1.807, 2.05) is 43.5 Å². The maximum atomic E-state index is 9.04. The van der Waals surface area contributed by atoms with Gasteiger partial charge in [-0.05, 0) is 48.2 Å². The van der Waals surface area contributed by atoms with E-state index in [9.17, 15) is 0 Å². The first-order valence-corrected chi connectivity index (χ1v) is 6.12. The monoisotopic (exact) mass is 247 g/mol. The SMILES string of the molecule is Cc1c(C#N)cccc1Nc1ccc2cc[nH]c2c1. The first-order valence-electron chi connectivity index (χ1n) is 6.12. The highest BCUT2D eigenvalue weighted by molar-refractivity contribution is 5.84. The van der Waals surface area contributed by atoms with Crippen LogP contribution in [-0.2, 0) is 0 Å². The van der Waals surface area contributed by atoms with Gasteiger partial charge in [-0.25, -0.2) is 0 Å². The summed E-state index contributed by atoms with van der Waals surface area (Å²) in [6.45, 7) is 1.95. The van der Waals surface area contributed by atoms with Gasteiger partial charge in [0.05, 0.1) is 11.6 Å². The summed E-state index contributed by atoms with van der Waals surface area (Å²) in [6.07, 6.45) is 1.93. The number of hydrogen-bond acceptors (Lipinski definition) is 2. The second kappa shape index (κ2) is 4.51. The fourth-order valence-corrected chi connectivity index (χ4v) is 2.17. The van der Waals surface area contributed by atoms with Crippen LogP contribution in [0.4, 0.5) is 11.4 Å². The van der Waals surface area contributed by atoms with Gasteiger partial charge in [0.1, 0.15) is 0 Å². The third-order valence-electron chi connectivity index (χ3n) is 3.29. The highest BCUT2D eigenvalue weighted by atomic mass is 14.9. The number of nitrogens with zero attached hydrogens (tertiary/aromatic N) is 1. The van der Waals surface area contributed by atoms with E-state index in [0.717, 1.165) is 22.5 Å². The van der Waals surface area contributed by atoms with Crippen LogP contribution in [0.15, 0.2) is 48.7 Å². The molecule has 92 valence electrons. The minimum absolute atomic E-state index is 0.700. The third-order valence-corrected chi connectivity index (χ3v) is 3.29. The molecule has 0 spiro atoms. The normalized spacial score (nSPS) is 10.3. The van der Waals surface area contributed by atoms with E-state index in [4.69, 9.17) is 5.26 Å². The molecule has 19 heavy (non-hydrogen) atoms. The molecule has 3 nitrogen and oxygen atoms in total. The van der Waals surface area contributed by atoms with Crippen LogP contribution >= 0.6 is 0 Å². The minimum Gasteiger partial charge on any atom is -0.361 e. The first-order chi connectivity index (χ1) is 9.28. The van der Waals surface area contributed by atoms with Gasteiger partial charge in [0.15, 0.2) is 0 Å². The lowest BCUT2D eigenvalue weighted by Gasteiger charge is -2.10. The Morgan fingerprint density at radius 3 is 2.89 bits per heavy atom. The van der Waals surface area contributed by atoms with Crippen LogP contribution in [-0.4, -0.2) is 4.98 Å². The molecule has 2 aromatic carbocycles. The van der Waals surface area contributed by atoms with Crippen molar-refractivity contribution in [2.75, 3.05) is 5.32 Å². The molecule has 0 unspecified atom stereocenters. The van der Waals surface area contributed by atoms with Crippen LogP contribution in [0.3, 0.4) is 0 Å². The summed E-state index contributed by atoms with van der Waals surface area (Å²) in [5.74, 6) is 0. The van der Waals surface area contributed by atoms with Gasteiger partial charge in [-0.1, -0.05) is 12.1 Å². The van der Waals surface area contributed by atoms with Crippen molar-refractivity contribution in [3.8, 4) is 6.07 Å². The van der Waals surface area contributed by atoms with Gasteiger partial charge in [0.25, 0.3) is 0 Å². The van der Waals surface area contributed by atoms with Crippen LogP contribution in [0.25, 0.3) is 10.9 Å². The number of anilines is 2. The van der Waals surface area contributed by atoms with Crippen molar-refractivity contribution in [3.63, 3.8) is 0 Å². The van der Waals surface area contributed by atoms with Crippen molar-refractivity contribution in [2.24, 2.45) is 0 Å². The van der Waals surface area contributed by atoms with Gasteiger partial charge < -0.3 is 10.3 Å². The fraction of sp³-hybridized carbons (Fsp3) is 0.0625. The number of benzene rings is 2. The van der Waals surface area contributed by atoms with Crippen molar-refractivity contribution in [1.82, 2.24) is 4.98 Å². The average Bonchev–Trinajstić information content (AvgIpc) is 2.88. The lowest BCUT2D eigenvalue weighted by molar-refractivity contribution is 1.38. The lowest BCUT2D eigenvalue weighted by atomic mass is 10.1. The van der Waals surface area contributed by atoms with Gasteiger partial charge >= 0.3 is 0 Å². The largest absolute Gasteiger partial charge is 0.361 e. The first kappa shape index (κ1) is 11.4. The van der Waals surface area contributed by atoms with Crippen LogP contribution in [0.2, 0.25) is 0 Å².